The Labute approximate surface area is 121 Å². The van der Waals surface area contributed by atoms with Gasteiger partial charge < -0.3 is 10.2 Å². The van der Waals surface area contributed by atoms with Crippen LogP contribution in [0.4, 0.5) is 0 Å². The molecular weight excluding hydrogens is 276 g/mol. The molecule has 5 nitrogen and oxygen atoms in total. The zero-order chi connectivity index (χ0) is 14.9. The first kappa shape index (κ1) is 15.5. The molecule has 2 atom stereocenters. The van der Waals surface area contributed by atoms with Gasteiger partial charge in [-0.3, -0.25) is 0 Å². The molecule has 1 heterocycles. The summed E-state index contributed by atoms with van der Waals surface area (Å²) in [6.07, 6.45) is 2.95. The second-order valence-electron chi connectivity index (χ2n) is 6.07. The van der Waals surface area contributed by atoms with E-state index in [0.29, 0.717) is 23.4 Å². The zero-order valence-corrected chi connectivity index (χ0v) is 13.2. The van der Waals surface area contributed by atoms with Crippen LogP contribution in [0, 0.1) is 18.8 Å². The topological polar surface area (TPSA) is 85.3 Å². The van der Waals surface area contributed by atoms with Crippen LogP contribution in [-0.4, -0.2) is 14.5 Å². The summed E-state index contributed by atoms with van der Waals surface area (Å²) in [7, 11) is -3.53. The molecule has 1 aromatic rings. The fourth-order valence-electron chi connectivity index (χ4n) is 3.22. The van der Waals surface area contributed by atoms with Gasteiger partial charge in [-0.15, -0.1) is 0 Å². The summed E-state index contributed by atoms with van der Waals surface area (Å²) in [6.45, 7) is 6.20. The van der Waals surface area contributed by atoms with Crippen molar-refractivity contribution in [3.05, 3.63) is 17.6 Å². The first-order chi connectivity index (χ1) is 9.31. The number of furan rings is 1. The predicted molar refractivity (Wildman–Crippen MR) is 77.6 cm³/mol. The lowest BCUT2D eigenvalue weighted by atomic mass is 9.81. The molecule has 0 radical (unpaired) electrons. The Morgan fingerprint density at radius 3 is 2.40 bits per heavy atom. The summed E-state index contributed by atoms with van der Waals surface area (Å²) in [5.41, 5.74) is 5.49. The van der Waals surface area contributed by atoms with Crippen LogP contribution in [0.5, 0.6) is 0 Å². The molecule has 1 aliphatic carbocycles. The molecule has 1 fully saturated rings. The molecule has 1 aromatic heterocycles. The molecule has 2 rings (SSSR count). The van der Waals surface area contributed by atoms with Gasteiger partial charge in [0.05, 0.1) is 6.54 Å². The van der Waals surface area contributed by atoms with E-state index in [0.717, 1.165) is 12.8 Å². The fraction of sp³-hybridized carbons (Fsp3) is 0.714. The van der Waals surface area contributed by atoms with Crippen LogP contribution in [-0.2, 0) is 16.6 Å². The number of hydrogen-bond donors (Lipinski definition) is 2. The third-order valence-electron chi connectivity index (χ3n) is 3.91. The van der Waals surface area contributed by atoms with Gasteiger partial charge in [0.15, 0.2) is 0 Å². The van der Waals surface area contributed by atoms with Crippen LogP contribution in [0.3, 0.4) is 0 Å². The lowest BCUT2D eigenvalue weighted by molar-refractivity contribution is 0.257. The molecular formula is C14H24N2O3S. The Bertz CT molecular complexity index is 555. The minimum absolute atomic E-state index is 0.00868. The molecule has 0 saturated heterocycles. The maximum Gasteiger partial charge on any atom is 0.244 e. The molecule has 0 bridgehead atoms. The number of nitrogens with one attached hydrogen (secondary N) is 1. The normalized spacial score (nSPS) is 27.7. The highest BCUT2D eigenvalue weighted by molar-refractivity contribution is 7.89. The average molecular weight is 300 g/mol. The molecule has 2 unspecified atom stereocenters. The van der Waals surface area contributed by atoms with E-state index in [9.17, 15) is 8.42 Å². The highest BCUT2D eigenvalue weighted by Gasteiger charge is 2.29. The molecule has 0 amide bonds. The van der Waals surface area contributed by atoms with Crippen LogP contribution >= 0.6 is 0 Å². The molecule has 6 heteroatoms. The largest absolute Gasteiger partial charge is 0.464 e. The van der Waals surface area contributed by atoms with E-state index in [1.807, 2.05) is 0 Å². The van der Waals surface area contributed by atoms with Gasteiger partial charge in [-0.1, -0.05) is 13.8 Å². The molecule has 0 aromatic carbocycles. The number of hydrogen-bond acceptors (Lipinski definition) is 4. The standard InChI is InChI=1S/C14H24N2O3S/c1-9-4-10(2)6-12(5-9)16-20(17,18)14-7-13(8-15)19-11(14)3/h7,9-10,12,16H,4-6,8,15H2,1-3H3. The fourth-order valence-corrected chi connectivity index (χ4v) is 4.68. The molecule has 1 saturated carbocycles. The van der Waals surface area contributed by atoms with Crippen molar-refractivity contribution >= 4 is 10.0 Å². The summed E-state index contributed by atoms with van der Waals surface area (Å²) in [4.78, 5) is 0.212. The maximum atomic E-state index is 12.5. The van der Waals surface area contributed by atoms with Gasteiger partial charge in [0.25, 0.3) is 0 Å². The van der Waals surface area contributed by atoms with E-state index in [1.54, 1.807) is 6.92 Å². The van der Waals surface area contributed by atoms with Gasteiger partial charge in [-0.25, -0.2) is 13.1 Å². The van der Waals surface area contributed by atoms with Crippen LogP contribution < -0.4 is 10.5 Å². The summed E-state index contributed by atoms with van der Waals surface area (Å²) < 4.78 is 33.1. The molecule has 20 heavy (non-hydrogen) atoms. The zero-order valence-electron chi connectivity index (χ0n) is 12.3. The second-order valence-corrected chi connectivity index (χ2v) is 7.76. The smallest absolute Gasteiger partial charge is 0.244 e. The van der Waals surface area contributed by atoms with Gasteiger partial charge >= 0.3 is 0 Å². The van der Waals surface area contributed by atoms with E-state index in [1.165, 1.54) is 12.5 Å². The van der Waals surface area contributed by atoms with Gasteiger partial charge in [-0.2, -0.15) is 0 Å². The highest BCUT2D eigenvalue weighted by atomic mass is 32.2. The minimum Gasteiger partial charge on any atom is -0.464 e. The van der Waals surface area contributed by atoms with E-state index in [2.05, 4.69) is 18.6 Å². The van der Waals surface area contributed by atoms with Crippen molar-refractivity contribution in [1.29, 1.82) is 0 Å². The van der Waals surface area contributed by atoms with Crippen molar-refractivity contribution in [2.24, 2.45) is 17.6 Å². The highest BCUT2D eigenvalue weighted by Crippen LogP contribution is 2.30. The summed E-state index contributed by atoms with van der Waals surface area (Å²) in [5, 5.41) is 0. The third kappa shape index (κ3) is 3.42. The lowest BCUT2D eigenvalue weighted by Gasteiger charge is -2.31. The van der Waals surface area contributed by atoms with Gasteiger partial charge in [0.1, 0.15) is 16.4 Å². The number of nitrogens with two attached hydrogens (primary N) is 1. The monoisotopic (exact) mass is 300 g/mol. The molecule has 1 aliphatic rings. The van der Waals surface area contributed by atoms with Crippen molar-refractivity contribution in [3.63, 3.8) is 0 Å². The van der Waals surface area contributed by atoms with E-state index in [4.69, 9.17) is 10.2 Å². The number of sulfonamides is 1. The maximum absolute atomic E-state index is 12.5. The first-order valence-electron chi connectivity index (χ1n) is 7.13. The van der Waals surface area contributed by atoms with Gasteiger partial charge in [0.2, 0.25) is 10.0 Å². The molecule has 0 aliphatic heterocycles. The van der Waals surface area contributed by atoms with Crippen molar-refractivity contribution in [1.82, 2.24) is 4.72 Å². The quantitative estimate of drug-likeness (QED) is 0.892. The first-order valence-corrected chi connectivity index (χ1v) is 8.62. The van der Waals surface area contributed by atoms with Crippen LogP contribution in [0.2, 0.25) is 0 Å². The predicted octanol–water partition coefficient (Wildman–Crippen LogP) is 2.15. The molecule has 3 N–H and O–H groups in total. The SMILES string of the molecule is Cc1oc(CN)cc1S(=O)(=O)NC1CC(C)CC(C)C1. The van der Waals surface area contributed by atoms with Crippen LogP contribution in [0.15, 0.2) is 15.4 Å². The Morgan fingerprint density at radius 2 is 1.90 bits per heavy atom. The third-order valence-corrected chi connectivity index (χ3v) is 5.54. The van der Waals surface area contributed by atoms with E-state index in [-0.39, 0.29) is 17.5 Å². The lowest BCUT2D eigenvalue weighted by Crippen LogP contribution is -2.40. The van der Waals surface area contributed by atoms with Crippen molar-refractivity contribution < 1.29 is 12.8 Å². The Hall–Kier alpha value is -0.850. The van der Waals surface area contributed by atoms with E-state index >= 15 is 0 Å². The average Bonchev–Trinajstić information content (AvgIpc) is 2.69. The number of rotatable bonds is 4. The van der Waals surface area contributed by atoms with Crippen LogP contribution in [0.25, 0.3) is 0 Å². The number of aryl methyl sites for hydroxylation is 1. The summed E-state index contributed by atoms with van der Waals surface area (Å²) in [5.74, 6) is 2.00. The summed E-state index contributed by atoms with van der Waals surface area (Å²) >= 11 is 0. The molecule has 114 valence electrons. The summed E-state index contributed by atoms with van der Waals surface area (Å²) in [6, 6.07) is 1.53. The van der Waals surface area contributed by atoms with Crippen molar-refractivity contribution in [3.8, 4) is 0 Å². The Balaban J connectivity index is 2.16. The Morgan fingerprint density at radius 1 is 1.30 bits per heavy atom. The van der Waals surface area contributed by atoms with Gasteiger partial charge in [-0.05, 0) is 38.0 Å². The second kappa shape index (κ2) is 5.87. The molecule has 0 spiro atoms. The minimum atomic E-state index is -3.53. The van der Waals surface area contributed by atoms with Gasteiger partial charge in [0, 0.05) is 12.1 Å². The Kier molecular flexibility index (Phi) is 4.56. The van der Waals surface area contributed by atoms with E-state index < -0.39 is 10.0 Å². The van der Waals surface area contributed by atoms with Crippen LogP contribution in [0.1, 0.15) is 44.6 Å². The van der Waals surface area contributed by atoms with Crippen molar-refractivity contribution in [2.45, 2.75) is 57.5 Å². The van der Waals surface area contributed by atoms with Crippen molar-refractivity contribution in [2.75, 3.05) is 0 Å².